The first-order chi connectivity index (χ1) is 8.65. The molecule has 0 amide bonds. The number of hydrogen-bond donors (Lipinski definition) is 0. The number of rotatable bonds is 2. The minimum absolute atomic E-state index is 0.00521. The third-order valence-electron chi connectivity index (χ3n) is 2.27. The molecule has 8 heteroatoms. The van der Waals surface area contributed by atoms with Gasteiger partial charge in [0.1, 0.15) is 5.69 Å². The number of thiophene rings is 1. The van der Waals surface area contributed by atoms with E-state index in [1.807, 2.05) is 0 Å². The van der Waals surface area contributed by atoms with E-state index in [9.17, 15) is 10.1 Å². The highest BCUT2D eigenvalue weighted by Gasteiger charge is 2.19. The monoisotopic (exact) mass is 281 g/mol. The van der Waals surface area contributed by atoms with Gasteiger partial charge in [0.25, 0.3) is 0 Å². The fourth-order valence-corrected chi connectivity index (χ4v) is 2.64. The summed E-state index contributed by atoms with van der Waals surface area (Å²) in [5.41, 5.74) is 0.909. The second kappa shape index (κ2) is 4.04. The van der Waals surface area contributed by atoms with E-state index in [1.165, 1.54) is 12.3 Å². The SMILES string of the molecule is O=[N+]([O-])c1cc2nc(Cl)nc(-c3ccco3)c2s1. The van der Waals surface area contributed by atoms with Crippen molar-refractivity contribution in [3.8, 4) is 11.5 Å². The molecule has 90 valence electrons. The Kier molecular flexibility index (Phi) is 2.49. The maximum atomic E-state index is 10.8. The van der Waals surface area contributed by atoms with Gasteiger partial charge in [-0.1, -0.05) is 11.3 Å². The predicted octanol–water partition coefficient (Wildman–Crippen LogP) is 3.51. The Morgan fingerprint density at radius 3 is 2.94 bits per heavy atom. The van der Waals surface area contributed by atoms with Crippen molar-refractivity contribution in [2.75, 3.05) is 0 Å². The third-order valence-corrected chi connectivity index (χ3v) is 3.52. The molecule has 3 rings (SSSR count). The topological polar surface area (TPSA) is 82.1 Å². The van der Waals surface area contributed by atoms with Gasteiger partial charge in [0.15, 0.2) is 5.76 Å². The summed E-state index contributed by atoms with van der Waals surface area (Å²) in [6, 6.07) is 4.79. The zero-order valence-electron chi connectivity index (χ0n) is 8.66. The Balaban J connectivity index is 2.33. The molecule has 0 aliphatic heterocycles. The molecule has 3 aromatic heterocycles. The first-order valence-corrected chi connectivity index (χ1v) is 6.00. The van der Waals surface area contributed by atoms with Gasteiger partial charge in [0.2, 0.25) is 5.28 Å². The summed E-state index contributed by atoms with van der Waals surface area (Å²) in [6.07, 6.45) is 1.50. The van der Waals surface area contributed by atoms with Crippen LogP contribution in [0.5, 0.6) is 0 Å². The second-order valence-corrected chi connectivity index (χ2v) is 4.74. The lowest BCUT2D eigenvalue weighted by Gasteiger charge is -1.98. The molecule has 0 spiro atoms. The van der Waals surface area contributed by atoms with Gasteiger partial charge in [0, 0.05) is 0 Å². The molecule has 0 unspecified atom stereocenters. The van der Waals surface area contributed by atoms with Crippen LogP contribution in [0.15, 0.2) is 28.9 Å². The lowest BCUT2D eigenvalue weighted by Crippen LogP contribution is -1.86. The Hall–Kier alpha value is -1.99. The average molecular weight is 282 g/mol. The van der Waals surface area contributed by atoms with E-state index in [-0.39, 0.29) is 10.3 Å². The van der Waals surface area contributed by atoms with Crippen molar-refractivity contribution in [3.05, 3.63) is 39.9 Å². The zero-order valence-corrected chi connectivity index (χ0v) is 10.2. The predicted molar refractivity (Wildman–Crippen MR) is 66.8 cm³/mol. The van der Waals surface area contributed by atoms with E-state index in [2.05, 4.69) is 9.97 Å². The van der Waals surface area contributed by atoms with Crippen LogP contribution in [-0.4, -0.2) is 14.9 Å². The van der Waals surface area contributed by atoms with E-state index in [0.29, 0.717) is 21.7 Å². The molecule has 3 aromatic rings. The first-order valence-electron chi connectivity index (χ1n) is 4.80. The summed E-state index contributed by atoms with van der Waals surface area (Å²) in [7, 11) is 0. The molecule has 0 saturated heterocycles. The first kappa shape index (κ1) is 11.1. The van der Waals surface area contributed by atoms with Crippen LogP contribution in [0, 0.1) is 10.1 Å². The van der Waals surface area contributed by atoms with Crippen LogP contribution in [-0.2, 0) is 0 Å². The lowest BCUT2D eigenvalue weighted by atomic mass is 10.3. The van der Waals surface area contributed by atoms with Crippen LogP contribution >= 0.6 is 22.9 Å². The molecule has 3 heterocycles. The number of halogens is 1. The average Bonchev–Trinajstić information content (AvgIpc) is 2.96. The van der Waals surface area contributed by atoms with E-state index in [4.69, 9.17) is 16.0 Å². The van der Waals surface area contributed by atoms with Crippen LogP contribution in [0.25, 0.3) is 21.7 Å². The van der Waals surface area contributed by atoms with Gasteiger partial charge in [-0.05, 0) is 23.7 Å². The molecule has 0 fully saturated rings. The summed E-state index contributed by atoms with van der Waals surface area (Å²) >= 11 is 6.80. The quantitative estimate of drug-likeness (QED) is 0.408. The summed E-state index contributed by atoms with van der Waals surface area (Å²) in [6.45, 7) is 0. The van der Waals surface area contributed by atoms with Crippen molar-refractivity contribution in [2.24, 2.45) is 0 Å². The highest BCUT2D eigenvalue weighted by atomic mass is 35.5. The van der Waals surface area contributed by atoms with Gasteiger partial charge in [0.05, 0.1) is 27.5 Å². The largest absolute Gasteiger partial charge is 0.463 e. The molecule has 0 bridgehead atoms. The number of nitro groups is 1. The summed E-state index contributed by atoms with van der Waals surface area (Å²) in [4.78, 5) is 18.3. The number of fused-ring (bicyclic) bond motifs is 1. The second-order valence-electron chi connectivity index (χ2n) is 3.37. The minimum Gasteiger partial charge on any atom is -0.463 e. The highest BCUT2D eigenvalue weighted by molar-refractivity contribution is 7.22. The highest BCUT2D eigenvalue weighted by Crippen LogP contribution is 2.37. The maximum Gasteiger partial charge on any atom is 0.326 e. The van der Waals surface area contributed by atoms with Gasteiger partial charge in [-0.15, -0.1) is 0 Å². The van der Waals surface area contributed by atoms with E-state index in [1.54, 1.807) is 12.1 Å². The normalized spacial score (nSPS) is 10.9. The molecule has 18 heavy (non-hydrogen) atoms. The van der Waals surface area contributed by atoms with Crippen LogP contribution in [0.4, 0.5) is 5.00 Å². The van der Waals surface area contributed by atoms with Crippen LogP contribution in [0.2, 0.25) is 5.28 Å². The molecular formula is C10H4ClN3O3S. The number of aromatic nitrogens is 2. The van der Waals surface area contributed by atoms with Crippen LogP contribution in [0.3, 0.4) is 0 Å². The van der Waals surface area contributed by atoms with Gasteiger partial charge in [-0.2, -0.15) is 0 Å². The maximum absolute atomic E-state index is 10.8. The Labute approximate surface area is 109 Å². The van der Waals surface area contributed by atoms with Crippen LogP contribution < -0.4 is 0 Å². The van der Waals surface area contributed by atoms with Gasteiger partial charge in [-0.25, -0.2) is 9.97 Å². The Morgan fingerprint density at radius 1 is 1.44 bits per heavy atom. The van der Waals surface area contributed by atoms with Crippen molar-refractivity contribution >= 4 is 38.2 Å². The zero-order chi connectivity index (χ0) is 12.7. The van der Waals surface area contributed by atoms with Crippen molar-refractivity contribution in [3.63, 3.8) is 0 Å². The van der Waals surface area contributed by atoms with E-state index < -0.39 is 4.92 Å². The Bertz CT molecular complexity index is 738. The fraction of sp³-hybridized carbons (Fsp3) is 0. The van der Waals surface area contributed by atoms with E-state index in [0.717, 1.165) is 11.3 Å². The molecule has 0 aliphatic carbocycles. The van der Waals surface area contributed by atoms with Gasteiger partial charge >= 0.3 is 5.00 Å². The molecule has 0 saturated carbocycles. The molecule has 0 atom stereocenters. The van der Waals surface area contributed by atoms with Crippen molar-refractivity contribution in [1.29, 1.82) is 0 Å². The smallest absolute Gasteiger partial charge is 0.326 e. The molecule has 0 N–H and O–H groups in total. The standard InChI is InChI=1S/C10H4ClN3O3S/c11-10-12-5-4-7(14(15)16)18-9(5)8(13-10)6-2-1-3-17-6/h1-4H. The number of nitrogens with zero attached hydrogens (tertiary/aromatic N) is 3. The summed E-state index contributed by atoms with van der Waals surface area (Å²) < 4.78 is 5.82. The van der Waals surface area contributed by atoms with Crippen molar-refractivity contribution < 1.29 is 9.34 Å². The molecule has 0 aliphatic rings. The van der Waals surface area contributed by atoms with Crippen molar-refractivity contribution in [2.45, 2.75) is 0 Å². The lowest BCUT2D eigenvalue weighted by molar-refractivity contribution is -0.380. The van der Waals surface area contributed by atoms with Crippen molar-refractivity contribution in [1.82, 2.24) is 9.97 Å². The van der Waals surface area contributed by atoms with E-state index >= 15 is 0 Å². The van der Waals surface area contributed by atoms with Crippen LogP contribution in [0.1, 0.15) is 0 Å². The van der Waals surface area contributed by atoms with Gasteiger partial charge in [-0.3, -0.25) is 10.1 Å². The summed E-state index contributed by atoms with van der Waals surface area (Å²) in [5.74, 6) is 0.501. The number of hydrogen-bond acceptors (Lipinski definition) is 6. The summed E-state index contributed by atoms with van der Waals surface area (Å²) in [5, 5.41) is 10.8. The Morgan fingerprint density at radius 2 is 2.28 bits per heavy atom. The minimum atomic E-state index is -0.466. The molecule has 6 nitrogen and oxygen atoms in total. The molecule has 0 radical (unpaired) electrons. The van der Waals surface area contributed by atoms with Gasteiger partial charge < -0.3 is 4.42 Å². The fourth-order valence-electron chi connectivity index (χ4n) is 1.56. The molecular weight excluding hydrogens is 278 g/mol. The number of furan rings is 1. The third kappa shape index (κ3) is 1.73. The molecule has 0 aromatic carbocycles.